The predicted molar refractivity (Wildman–Crippen MR) is 153 cm³/mol. The Morgan fingerprint density at radius 2 is 1.74 bits per heavy atom. The lowest BCUT2D eigenvalue weighted by Gasteiger charge is -2.45. The summed E-state index contributed by atoms with van der Waals surface area (Å²) in [6.07, 6.45) is -2.18. The lowest BCUT2D eigenvalue weighted by molar-refractivity contribution is -0.267. The first-order valence-electron chi connectivity index (χ1n) is 13.5. The van der Waals surface area contributed by atoms with E-state index in [0.29, 0.717) is 19.4 Å². The first-order chi connectivity index (χ1) is 17.5. The number of aliphatic hydroxyl groups excluding tert-OH is 3. The van der Waals surface area contributed by atoms with E-state index in [2.05, 4.69) is 4.90 Å². The third kappa shape index (κ3) is 8.48. The second-order valence-corrected chi connectivity index (χ2v) is 13.0. The lowest BCUT2D eigenvalue weighted by Crippen LogP contribution is -2.54. The van der Waals surface area contributed by atoms with Gasteiger partial charge in [0.2, 0.25) is 3.77 Å². The van der Waals surface area contributed by atoms with Crippen LogP contribution < -0.4 is 0 Å². The molecule has 0 aromatic heterocycles. The highest BCUT2D eigenvalue weighted by Gasteiger charge is 2.46. The summed E-state index contributed by atoms with van der Waals surface area (Å²) in [6, 6.07) is -0.253. The maximum Gasteiger partial charge on any atom is 0.317 e. The number of aliphatic hydroxyl groups is 4. The van der Waals surface area contributed by atoms with Gasteiger partial charge < -0.3 is 44.4 Å². The minimum Gasteiger partial charge on any atom is -0.506 e. The third-order valence-electron chi connectivity index (χ3n) is 8.18. The number of likely N-dealkylation sites (N-methyl/N-ethyl adjacent to an activating group) is 1. The summed E-state index contributed by atoms with van der Waals surface area (Å²) in [5.74, 6) is -2.90. The number of carbonyl (C=O) groups is 1. The average molecular weight is 657 g/mol. The molecule has 0 aromatic carbocycles. The van der Waals surface area contributed by atoms with Crippen LogP contribution in [0.1, 0.15) is 60.8 Å². The van der Waals surface area contributed by atoms with Crippen LogP contribution in [0, 0.1) is 17.8 Å². The fraction of sp³-hybridized carbons (Fsp3) is 0.889. The molecule has 2 aliphatic heterocycles. The van der Waals surface area contributed by atoms with Crippen molar-refractivity contribution < 1.29 is 39.4 Å². The van der Waals surface area contributed by atoms with Crippen LogP contribution in [0.15, 0.2) is 9.53 Å². The fourth-order valence-electron chi connectivity index (χ4n) is 5.72. The Labute approximate surface area is 241 Å². The van der Waals surface area contributed by atoms with Gasteiger partial charge in [-0.3, -0.25) is 4.79 Å². The molecule has 1 saturated heterocycles. The van der Waals surface area contributed by atoms with Crippen LogP contribution in [0.5, 0.6) is 0 Å². The molecule has 0 radical (unpaired) electrons. The topological polar surface area (TPSA) is 132 Å². The van der Waals surface area contributed by atoms with Crippen molar-refractivity contribution in [2.45, 2.75) is 109 Å². The zero-order chi connectivity index (χ0) is 29.1. The van der Waals surface area contributed by atoms with Crippen LogP contribution in [0.2, 0.25) is 0 Å². The number of halogens is 1. The normalized spacial score (nSPS) is 45.4. The SMILES string of the molecule is C[C@H]1CN(C)[C@H](C)[C@@H](O)/C(O)=C(/I)OC(=O)[C@H](C)[C@@H](O)[C@H](C)[C@@H](O[C@H]2C[C@@H](N(C)C)C[C@@H](C)O2)[C@](C)(O)C1. The van der Waals surface area contributed by atoms with E-state index >= 15 is 0 Å². The molecule has 2 heterocycles. The van der Waals surface area contributed by atoms with Crippen molar-refractivity contribution in [1.29, 1.82) is 0 Å². The maximum absolute atomic E-state index is 12.9. The Balaban J connectivity index is 2.45. The zero-order valence-corrected chi connectivity index (χ0v) is 26.5. The molecule has 0 aliphatic carbocycles. The van der Waals surface area contributed by atoms with E-state index in [1.165, 1.54) is 6.92 Å². The van der Waals surface area contributed by atoms with Crippen LogP contribution in [0.25, 0.3) is 0 Å². The number of carbonyl (C=O) groups excluding carboxylic acids is 1. The van der Waals surface area contributed by atoms with Crippen molar-refractivity contribution in [1.82, 2.24) is 9.80 Å². The number of esters is 1. The monoisotopic (exact) mass is 656 g/mol. The number of ether oxygens (including phenoxy) is 3. The Bertz CT molecular complexity index is 825. The second kappa shape index (κ2) is 13.9. The molecule has 1 fully saturated rings. The second-order valence-electron chi connectivity index (χ2n) is 12.0. The third-order valence-corrected chi connectivity index (χ3v) is 8.95. The molecule has 11 heteroatoms. The molecule has 10 nitrogen and oxygen atoms in total. The molecule has 0 bridgehead atoms. The predicted octanol–water partition coefficient (Wildman–Crippen LogP) is 2.64. The van der Waals surface area contributed by atoms with Crippen LogP contribution in [0.3, 0.4) is 0 Å². The molecular weight excluding hydrogens is 607 g/mol. The minimum atomic E-state index is -1.38. The highest BCUT2D eigenvalue weighted by atomic mass is 127. The Morgan fingerprint density at radius 3 is 2.32 bits per heavy atom. The van der Waals surface area contributed by atoms with Crippen LogP contribution in [-0.2, 0) is 19.0 Å². The summed E-state index contributed by atoms with van der Waals surface area (Å²) >= 11 is 1.67. The molecule has 0 amide bonds. The molecule has 11 atom stereocenters. The number of nitrogens with zero attached hydrogens (tertiary/aromatic N) is 2. The number of rotatable bonds is 3. The van der Waals surface area contributed by atoms with Crippen molar-refractivity contribution >= 4 is 28.6 Å². The van der Waals surface area contributed by atoms with Crippen molar-refractivity contribution in [3.63, 3.8) is 0 Å². The van der Waals surface area contributed by atoms with Gasteiger partial charge in [-0.1, -0.05) is 13.8 Å². The molecule has 38 heavy (non-hydrogen) atoms. The van der Waals surface area contributed by atoms with Gasteiger partial charge in [-0.05, 0) is 67.6 Å². The summed E-state index contributed by atoms with van der Waals surface area (Å²) in [5.41, 5.74) is -1.38. The van der Waals surface area contributed by atoms with Crippen molar-refractivity contribution in [3.05, 3.63) is 9.53 Å². The largest absolute Gasteiger partial charge is 0.506 e. The van der Waals surface area contributed by atoms with E-state index in [1.54, 1.807) is 43.4 Å². The van der Waals surface area contributed by atoms with Crippen LogP contribution in [0.4, 0.5) is 0 Å². The number of cyclic esters (lactones) is 1. The van der Waals surface area contributed by atoms with Crippen molar-refractivity contribution in [3.8, 4) is 0 Å². The van der Waals surface area contributed by atoms with Gasteiger partial charge in [0.15, 0.2) is 12.0 Å². The number of hydrogen-bond acceptors (Lipinski definition) is 10. The summed E-state index contributed by atoms with van der Waals surface area (Å²) in [7, 11) is 5.86. The van der Waals surface area contributed by atoms with Gasteiger partial charge >= 0.3 is 5.97 Å². The van der Waals surface area contributed by atoms with Gasteiger partial charge in [-0.25, -0.2) is 0 Å². The Kier molecular flexibility index (Phi) is 12.3. The summed E-state index contributed by atoms with van der Waals surface area (Å²) in [4.78, 5) is 17.0. The molecule has 0 spiro atoms. The lowest BCUT2D eigenvalue weighted by atomic mass is 9.78. The van der Waals surface area contributed by atoms with E-state index < -0.39 is 59.8 Å². The smallest absolute Gasteiger partial charge is 0.317 e. The number of hydrogen-bond donors (Lipinski definition) is 4. The van der Waals surface area contributed by atoms with E-state index in [0.717, 1.165) is 6.42 Å². The van der Waals surface area contributed by atoms with Crippen LogP contribution in [-0.4, -0.2) is 112 Å². The van der Waals surface area contributed by atoms with E-state index in [1.807, 2.05) is 39.9 Å². The first kappa shape index (κ1) is 33.7. The first-order valence-corrected chi connectivity index (χ1v) is 14.6. The molecule has 0 aromatic rings. The Morgan fingerprint density at radius 1 is 1.13 bits per heavy atom. The molecule has 2 aliphatic rings. The van der Waals surface area contributed by atoms with E-state index in [9.17, 15) is 25.2 Å². The van der Waals surface area contributed by atoms with Gasteiger partial charge in [0.1, 0.15) is 6.10 Å². The molecule has 0 saturated carbocycles. The van der Waals surface area contributed by atoms with E-state index in [-0.39, 0.29) is 21.8 Å². The molecule has 4 N–H and O–H groups in total. The molecular formula is C27H49IN2O8. The summed E-state index contributed by atoms with van der Waals surface area (Å²) in [5, 5.41) is 44.4. The molecule has 0 unspecified atom stereocenters. The Hall–Kier alpha value is -0.540. The standard InChI is InChI=1S/C27H49IN2O8/c1-14-12-27(6,35)24(37-20-11-19(29(7)8)10-15(2)36-20)16(3)21(31)17(4)26(34)38-25(28)23(33)22(32)18(5)30(9)13-14/h14-22,24,31-33,35H,10-13H2,1-9H3/b25-23+/t14-,15-,16+,17-,18-,19+,20+,21+,22-,24-,27-/m1/s1. The molecule has 2 rings (SSSR count). The van der Waals surface area contributed by atoms with Crippen molar-refractivity contribution in [2.24, 2.45) is 17.8 Å². The van der Waals surface area contributed by atoms with Gasteiger partial charge in [0.25, 0.3) is 0 Å². The maximum atomic E-state index is 12.9. The zero-order valence-electron chi connectivity index (χ0n) is 24.3. The van der Waals surface area contributed by atoms with Gasteiger partial charge in [-0.15, -0.1) is 0 Å². The highest BCUT2D eigenvalue weighted by Crippen LogP contribution is 2.36. The highest BCUT2D eigenvalue weighted by molar-refractivity contribution is 14.1. The van der Waals surface area contributed by atoms with E-state index in [4.69, 9.17) is 14.2 Å². The van der Waals surface area contributed by atoms with Crippen molar-refractivity contribution in [2.75, 3.05) is 27.7 Å². The average Bonchev–Trinajstić information content (AvgIpc) is 2.82. The summed E-state index contributed by atoms with van der Waals surface area (Å²) in [6.45, 7) is 11.2. The van der Waals surface area contributed by atoms with Crippen LogP contribution >= 0.6 is 22.6 Å². The van der Waals surface area contributed by atoms with Gasteiger partial charge in [0.05, 0.1) is 29.8 Å². The van der Waals surface area contributed by atoms with Gasteiger partial charge in [0, 0.05) is 53.6 Å². The summed E-state index contributed by atoms with van der Waals surface area (Å²) < 4.78 is 17.8. The quantitative estimate of drug-likeness (QED) is 0.266. The van der Waals surface area contributed by atoms with Gasteiger partial charge in [-0.2, -0.15) is 0 Å². The minimum absolute atomic E-state index is 0.0357. The molecule has 222 valence electrons. The fourth-order valence-corrected chi connectivity index (χ4v) is 6.25.